The number of halogens is 1. The van der Waals surface area contributed by atoms with Gasteiger partial charge in [0.2, 0.25) is 0 Å². The summed E-state index contributed by atoms with van der Waals surface area (Å²) < 4.78 is 5.55. The number of carbonyl (C=O) groups excluding carboxylic acids is 1. The molecule has 0 aliphatic heterocycles. The maximum absolute atomic E-state index is 12.2. The molecule has 4 nitrogen and oxygen atoms in total. The second-order valence-electron chi connectivity index (χ2n) is 4.55. The first-order valence-electron chi connectivity index (χ1n) is 6.50. The maximum atomic E-state index is 12.2. The molecule has 0 unspecified atom stereocenters. The molecule has 2 aromatic rings. The van der Waals surface area contributed by atoms with Gasteiger partial charge in [-0.2, -0.15) is 0 Å². The zero-order valence-corrected chi connectivity index (χ0v) is 12.4. The third-order valence-electron chi connectivity index (χ3n) is 2.98. The van der Waals surface area contributed by atoms with Crippen molar-refractivity contribution in [1.82, 2.24) is 4.90 Å². The van der Waals surface area contributed by atoms with Crippen LogP contribution in [0.3, 0.4) is 0 Å². The van der Waals surface area contributed by atoms with Crippen molar-refractivity contribution in [3.8, 4) is 11.5 Å². The number of hydrogen-bond donors (Lipinski definition) is 1. The molecule has 5 heteroatoms. The Hall–Kier alpha value is -2.20. The maximum Gasteiger partial charge on any atom is 0.253 e. The van der Waals surface area contributed by atoms with Crippen LogP contribution in [0.1, 0.15) is 10.4 Å². The molecule has 2 rings (SSSR count). The highest BCUT2D eigenvalue weighted by Gasteiger charge is 2.13. The van der Waals surface area contributed by atoms with Crippen LogP contribution in [-0.4, -0.2) is 36.1 Å². The van der Waals surface area contributed by atoms with E-state index in [2.05, 4.69) is 0 Å². The van der Waals surface area contributed by atoms with Crippen LogP contribution in [0.15, 0.2) is 48.5 Å². The van der Waals surface area contributed by atoms with Gasteiger partial charge in [-0.05, 0) is 30.3 Å². The van der Waals surface area contributed by atoms with Gasteiger partial charge in [-0.15, -0.1) is 0 Å². The van der Waals surface area contributed by atoms with Crippen molar-refractivity contribution in [2.75, 3.05) is 20.2 Å². The molecule has 0 spiro atoms. The van der Waals surface area contributed by atoms with E-state index in [4.69, 9.17) is 16.3 Å². The average Bonchev–Trinajstić information content (AvgIpc) is 2.50. The number of amides is 1. The summed E-state index contributed by atoms with van der Waals surface area (Å²) >= 11 is 5.80. The number of rotatable bonds is 5. The standard InChI is InChI=1S/C16H16ClNO3/c1-18(9-10-21-13-5-3-2-4-6-13)16(20)12-7-8-15(19)14(17)11-12/h2-8,11,19H,9-10H2,1H3. The largest absolute Gasteiger partial charge is 0.506 e. The minimum Gasteiger partial charge on any atom is -0.506 e. The minimum atomic E-state index is -0.173. The van der Waals surface area contributed by atoms with Crippen molar-refractivity contribution in [2.45, 2.75) is 0 Å². The third-order valence-corrected chi connectivity index (χ3v) is 3.28. The molecule has 21 heavy (non-hydrogen) atoms. The predicted octanol–water partition coefficient (Wildman–Crippen LogP) is 3.20. The van der Waals surface area contributed by atoms with Gasteiger partial charge >= 0.3 is 0 Å². The fourth-order valence-corrected chi connectivity index (χ4v) is 1.96. The molecule has 0 atom stereocenters. The number of para-hydroxylation sites is 1. The third kappa shape index (κ3) is 4.13. The molecule has 0 saturated heterocycles. The van der Waals surface area contributed by atoms with Gasteiger partial charge in [-0.25, -0.2) is 0 Å². The molecular weight excluding hydrogens is 290 g/mol. The number of nitrogens with zero attached hydrogens (tertiary/aromatic N) is 1. The van der Waals surface area contributed by atoms with Gasteiger partial charge in [-0.3, -0.25) is 4.79 Å². The van der Waals surface area contributed by atoms with E-state index in [0.717, 1.165) is 5.75 Å². The van der Waals surface area contributed by atoms with Crippen LogP contribution in [0.2, 0.25) is 5.02 Å². The lowest BCUT2D eigenvalue weighted by atomic mass is 10.2. The minimum absolute atomic E-state index is 0.0386. The number of phenols is 1. The molecule has 0 radical (unpaired) electrons. The summed E-state index contributed by atoms with van der Waals surface area (Å²) in [5.74, 6) is 0.558. The van der Waals surface area contributed by atoms with Crippen LogP contribution >= 0.6 is 11.6 Å². The first kappa shape index (κ1) is 15.2. The lowest BCUT2D eigenvalue weighted by Crippen LogP contribution is -2.30. The number of phenolic OH excluding ortho intramolecular Hbond substituents is 1. The summed E-state index contributed by atoms with van der Waals surface area (Å²) in [6.07, 6.45) is 0. The van der Waals surface area contributed by atoms with E-state index in [1.807, 2.05) is 30.3 Å². The molecule has 0 aliphatic carbocycles. The van der Waals surface area contributed by atoms with E-state index in [1.165, 1.54) is 18.2 Å². The first-order chi connectivity index (χ1) is 10.1. The van der Waals surface area contributed by atoms with Gasteiger partial charge in [0.1, 0.15) is 18.1 Å². The second kappa shape index (κ2) is 6.99. The van der Waals surface area contributed by atoms with Gasteiger partial charge in [0.05, 0.1) is 11.6 Å². The first-order valence-corrected chi connectivity index (χ1v) is 6.87. The molecule has 1 amide bonds. The number of hydrogen-bond acceptors (Lipinski definition) is 3. The Kier molecular flexibility index (Phi) is 5.06. The van der Waals surface area contributed by atoms with Crippen molar-refractivity contribution in [3.63, 3.8) is 0 Å². The van der Waals surface area contributed by atoms with E-state index >= 15 is 0 Å². The molecule has 110 valence electrons. The second-order valence-corrected chi connectivity index (χ2v) is 4.96. The fourth-order valence-electron chi connectivity index (χ4n) is 1.78. The van der Waals surface area contributed by atoms with Crippen LogP contribution < -0.4 is 4.74 Å². The lowest BCUT2D eigenvalue weighted by Gasteiger charge is -2.17. The molecule has 0 fully saturated rings. The summed E-state index contributed by atoms with van der Waals surface area (Å²) in [6.45, 7) is 0.851. The molecule has 0 aromatic heterocycles. The van der Waals surface area contributed by atoms with Gasteiger partial charge in [-0.1, -0.05) is 29.8 Å². The van der Waals surface area contributed by atoms with Crippen molar-refractivity contribution >= 4 is 17.5 Å². The molecule has 0 saturated carbocycles. The zero-order chi connectivity index (χ0) is 15.2. The number of ether oxygens (including phenoxy) is 1. The quantitative estimate of drug-likeness (QED) is 0.923. The van der Waals surface area contributed by atoms with Crippen LogP contribution in [0.5, 0.6) is 11.5 Å². The number of aromatic hydroxyl groups is 1. The van der Waals surface area contributed by atoms with Crippen molar-refractivity contribution in [1.29, 1.82) is 0 Å². The highest BCUT2D eigenvalue weighted by Crippen LogP contribution is 2.24. The highest BCUT2D eigenvalue weighted by molar-refractivity contribution is 6.32. The van der Waals surface area contributed by atoms with Gasteiger partial charge in [0, 0.05) is 12.6 Å². The summed E-state index contributed by atoms with van der Waals surface area (Å²) in [7, 11) is 1.69. The Morgan fingerprint density at radius 1 is 1.24 bits per heavy atom. The Morgan fingerprint density at radius 2 is 1.95 bits per heavy atom. The van der Waals surface area contributed by atoms with Crippen LogP contribution in [0.25, 0.3) is 0 Å². The topological polar surface area (TPSA) is 49.8 Å². The van der Waals surface area contributed by atoms with Crippen molar-refractivity contribution in [2.24, 2.45) is 0 Å². The Bertz CT molecular complexity index is 616. The molecular formula is C16H16ClNO3. The van der Waals surface area contributed by atoms with Crippen molar-refractivity contribution < 1.29 is 14.6 Å². The molecule has 0 bridgehead atoms. The number of likely N-dealkylation sites (N-methyl/N-ethyl adjacent to an activating group) is 1. The van der Waals surface area contributed by atoms with E-state index in [1.54, 1.807) is 11.9 Å². The van der Waals surface area contributed by atoms with E-state index in [9.17, 15) is 9.90 Å². The summed E-state index contributed by atoms with van der Waals surface area (Å²) in [5.41, 5.74) is 0.431. The fraction of sp³-hybridized carbons (Fsp3) is 0.188. The summed E-state index contributed by atoms with van der Waals surface area (Å²) in [5, 5.41) is 9.52. The van der Waals surface area contributed by atoms with Crippen LogP contribution in [-0.2, 0) is 0 Å². The van der Waals surface area contributed by atoms with E-state index < -0.39 is 0 Å². The highest BCUT2D eigenvalue weighted by atomic mass is 35.5. The molecule has 0 aliphatic rings. The van der Waals surface area contributed by atoms with Gasteiger partial charge < -0.3 is 14.7 Å². The predicted molar refractivity (Wildman–Crippen MR) is 82.0 cm³/mol. The Morgan fingerprint density at radius 3 is 2.62 bits per heavy atom. The molecule has 0 heterocycles. The van der Waals surface area contributed by atoms with Crippen LogP contribution in [0, 0.1) is 0 Å². The van der Waals surface area contributed by atoms with Crippen molar-refractivity contribution in [3.05, 3.63) is 59.1 Å². The summed E-state index contributed by atoms with van der Waals surface area (Å²) in [6, 6.07) is 13.8. The summed E-state index contributed by atoms with van der Waals surface area (Å²) in [4.78, 5) is 13.7. The number of carbonyl (C=O) groups is 1. The Labute approximate surface area is 128 Å². The smallest absolute Gasteiger partial charge is 0.253 e. The van der Waals surface area contributed by atoms with Gasteiger partial charge in [0.15, 0.2) is 0 Å². The van der Waals surface area contributed by atoms with Gasteiger partial charge in [0.25, 0.3) is 5.91 Å². The zero-order valence-electron chi connectivity index (χ0n) is 11.6. The Balaban J connectivity index is 1.89. The normalized spacial score (nSPS) is 10.2. The number of benzene rings is 2. The average molecular weight is 306 g/mol. The van der Waals surface area contributed by atoms with E-state index in [-0.39, 0.29) is 16.7 Å². The molecule has 2 aromatic carbocycles. The van der Waals surface area contributed by atoms with E-state index in [0.29, 0.717) is 18.7 Å². The van der Waals surface area contributed by atoms with Crippen LogP contribution in [0.4, 0.5) is 0 Å². The SMILES string of the molecule is CN(CCOc1ccccc1)C(=O)c1ccc(O)c(Cl)c1. The molecule has 1 N–H and O–H groups in total. The lowest BCUT2D eigenvalue weighted by molar-refractivity contribution is 0.0774. The monoisotopic (exact) mass is 305 g/mol.